The largest absolute Gasteiger partial charge is 0.476 e. The molecule has 0 bridgehead atoms. The van der Waals surface area contributed by atoms with Gasteiger partial charge >= 0.3 is 5.97 Å². The molecule has 0 aliphatic rings. The summed E-state index contributed by atoms with van der Waals surface area (Å²) in [6.45, 7) is 8.06. The molecular weight excluding hydrogens is 198 g/mol. The maximum atomic E-state index is 10.9. The van der Waals surface area contributed by atoms with Crippen molar-refractivity contribution in [1.29, 1.82) is 0 Å². The highest BCUT2D eigenvalue weighted by molar-refractivity contribution is 7.12. The number of carboxylic acid groups (broad SMARTS) is 1. The predicted molar refractivity (Wildman–Crippen MR) is 57.1 cm³/mol. The van der Waals surface area contributed by atoms with Gasteiger partial charge in [-0.3, -0.25) is 0 Å². The zero-order valence-electron chi connectivity index (χ0n) is 8.87. The van der Waals surface area contributed by atoms with Crippen LogP contribution in [0.25, 0.3) is 0 Å². The highest BCUT2D eigenvalue weighted by Gasteiger charge is 2.22. The van der Waals surface area contributed by atoms with Crippen LogP contribution in [0, 0.1) is 12.8 Å². The lowest BCUT2D eigenvalue weighted by Gasteiger charge is -2.13. The first-order chi connectivity index (χ1) is 6.43. The molecule has 1 heterocycles. The first-order valence-corrected chi connectivity index (χ1v) is 5.45. The Morgan fingerprint density at radius 1 is 1.43 bits per heavy atom. The van der Waals surface area contributed by atoms with Crippen molar-refractivity contribution >= 4 is 17.3 Å². The third-order valence-electron chi connectivity index (χ3n) is 2.38. The highest BCUT2D eigenvalue weighted by atomic mass is 32.1. The van der Waals surface area contributed by atoms with E-state index in [-0.39, 0.29) is 11.6 Å². The van der Waals surface area contributed by atoms with Crippen molar-refractivity contribution in [3.8, 4) is 0 Å². The quantitative estimate of drug-likeness (QED) is 0.839. The van der Waals surface area contributed by atoms with Gasteiger partial charge in [-0.15, -0.1) is 11.3 Å². The summed E-state index contributed by atoms with van der Waals surface area (Å²) in [5.41, 5.74) is 0.230. The fourth-order valence-electron chi connectivity index (χ4n) is 1.21. The van der Waals surface area contributed by atoms with Crippen LogP contribution in [0.15, 0.2) is 0 Å². The van der Waals surface area contributed by atoms with E-state index in [1.807, 2.05) is 13.8 Å². The van der Waals surface area contributed by atoms with E-state index in [1.54, 1.807) is 0 Å². The number of carboxylic acids is 1. The fourth-order valence-corrected chi connectivity index (χ4v) is 2.35. The monoisotopic (exact) mass is 213 g/mol. The summed E-state index contributed by atoms with van der Waals surface area (Å²) in [6, 6.07) is 0. The molecule has 0 aromatic carbocycles. The standard InChI is InChI=1S/C10H15NO2S/c1-5(2)6(3)9-8(10(12)13)11-7(4)14-9/h5-6H,1-4H3,(H,12,13). The number of thiazole rings is 1. The molecular formula is C10H15NO2S. The second-order valence-electron chi connectivity index (χ2n) is 3.78. The Kier molecular flexibility index (Phi) is 3.26. The molecule has 1 rings (SSSR count). The second-order valence-corrected chi connectivity index (χ2v) is 5.02. The maximum Gasteiger partial charge on any atom is 0.355 e. The minimum atomic E-state index is -0.920. The molecule has 14 heavy (non-hydrogen) atoms. The van der Waals surface area contributed by atoms with Gasteiger partial charge in [0, 0.05) is 4.88 Å². The van der Waals surface area contributed by atoms with E-state index in [0.717, 1.165) is 9.88 Å². The summed E-state index contributed by atoms with van der Waals surface area (Å²) in [4.78, 5) is 15.8. The van der Waals surface area contributed by atoms with Gasteiger partial charge in [-0.25, -0.2) is 9.78 Å². The van der Waals surface area contributed by atoms with Crippen molar-refractivity contribution in [1.82, 2.24) is 4.98 Å². The molecule has 0 fully saturated rings. The summed E-state index contributed by atoms with van der Waals surface area (Å²) in [6.07, 6.45) is 0. The Morgan fingerprint density at radius 3 is 2.43 bits per heavy atom. The summed E-state index contributed by atoms with van der Waals surface area (Å²) in [5, 5.41) is 9.78. The van der Waals surface area contributed by atoms with E-state index < -0.39 is 5.97 Å². The molecule has 0 spiro atoms. The van der Waals surface area contributed by atoms with Gasteiger partial charge in [0.25, 0.3) is 0 Å². The molecule has 1 unspecified atom stereocenters. The fraction of sp³-hybridized carbons (Fsp3) is 0.600. The Hall–Kier alpha value is -0.900. The Balaban J connectivity index is 3.12. The molecule has 0 aliphatic heterocycles. The smallest absolute Gasteiger partial charge is 0.355 e. The minimum absolute atomic E-state index is 0.230. The van der Waals surface area contributed by atoms with Gasteiger partial charge in [-0.05, 0) is 18.8 Å². The summed E-state index contributed by atoms with van der Waals surface area (Å²) >= 11 is 1.49. The molecule has 0 aliphatic carbocycles. The number of hydrogen-bond acceptors (Lipinski definition) is 3. The molecule has 0 saturated carbocycles. The number of aryl methyl sites for hydroxylation is 1. The van der Waals surface area contributed by atoms with Gasteiger partial charge in [0.05, 0.1) is 5.01 Å². The van der Waals surface area contributed by atoms with Crippen molar-refractivity contribution in [2.45, 2.75) is 33.6 Å². The van der Waals surface area contributed by atoms with E-state index in [1.165, 1.54) is 11.3 Å². The zero-order valence-corrected chi connectivity index (χ0v) is 9.68. The lowest BCUT2D eigenvalue weighted by atomic mass is 9.95. The number of nitrogens with zero attached hydrogens (tertiary/aromatic N) is 1. The van der Waals surface area contributed by atoms with Crippen molar-refractivity contribution < 1.29 is 9.90 Å². The average Bonchev–Trinajstić information content (AvgIpc) is 2.45. The van der Waals surface area contributed by atoms with E-state index in [9.17, 15) is 4.79 Å². The van der Waals surface area contributed by atoms with Crippen LogP contribution in [-0.4, -0.2) is 16.1 Å². The van der Waals surface area contributed by atoms with Gasteiger partial charge in [-0.2, -0.15) is 0 Å². The zero-order chi connectivity index (χ0) is 10.9. The molecule has 0 amide bonds. The molecule has 78 valence electrons. The minimum Gasteiger partial charge on any atom is -0.476 e. The summed E-state index contributed by atoms with van der Waals surface area (Å²) in [5.74, 6) is -0.225. The van der Waals surface area contributed by atoms with Crippen LogP contribution < -0.4 is 0 Å². The van der Waals surface area contributed by atoms with Crippen LogP contribution in [0.1, 0.15) is 47.1 Å². The highest BCUT2D eigenvalue weighted by Crippen LogP contribution is 2.31. The van der Waals surface area contributed by atoms with E-state index >= 15 is 0 Å². The average molecular weight is 213 g/mol. The molecule has 1 atom stereocenters. The Bertz CT molecular complexity index is 344. The molecule has 4 heteroatoms. The Labute approximate surface area is 87.8 Å². The SMILES string of the molecule is Cc1nc(C(=O)O)c(C(C)C(C)C)s1. The van der Waals surface area contributed by atoms with Gasteiger partial charge in [0.15, 0.2) is 5.69 Å². The van der Waals surface area contributed by atoms with Gasteiger partial charge in [0.1, 0.15) is 0 Å². The number of aromatic nitrogens is 1. The van der Waals surface area contributed by atoms with Crippen molar-refractivity contribution in [2.24, 2.45) is 5.92 Å². The van der Waals surface area contributed by atoms with Crippen LogP contribution in [0.2, 0.25) is 0 Å². The first kappa shape index (κ1) is 11.2. The lowest BCUT2D eigenvalue weighted by Crippen LogP contribution is -2.07. The third-order valence-corrected chi connectivity index (χ3v) is 3.55. The second kappa shape index (κ2) is 4.09. The molecule has 1 aromatic heterocycles. The third kappa shape index (κ3) is 2.12. The van der Waals surface area contributed by atoms with Crippen molar-refractivity contribution in [3.63, 3.8) is 0 Å². The summed E-state index contributed by atoms with van der Waals surface area (Å²) in [7, 11) is 0. The molecule has 0 saturated heterocycles. The maximum absolute atomic E-state index is 10.9. The van der Waals surface area contributed by atoms with Gasteiger partial charge in [-0.1, -0.05) is 20.8 Å². The van der Waals surface area contributed by atoms with Crippen molar-refractivity contribution in [3.05, 3.63) is 15.6 Å². The topological polar surface area (TPSA) is 50.2 Å². The number of hydrogen-bond donors (Lipinski definition) is 1. The van der Waals surface area contributed by atoms with Crippen LogP contribution in [0.4, 0.5) is 0 Å². The van der Waals surface area contributed by atoms with Crippen molar-refractivity contribution in [2.75, 3.05) is 0 Å². The van der Waals surface area contributed by atoms with Crippen LogP contribution in [0.3, 0.4) is 0 Å². The summed E-state index contributed by atoms with van der Waals surface area (Å²) < 4.78 is 0. The van der Waals surface area contributed by atoms with Crippen LogP contribution in [-0.2, 0) is 0 Å². The normalized spacial score (nSPS) is 13.2. The van der Waals surface area contributed by atoms with E-state index in [0.29, 0.717) is 5.92 Å². The predicted octanol–water partition coefficient (Wildman–Crippen LogP) is 2.91. The number of rotatable bonds is 3. The Morgan fingerprint density at radius 2 is 2.00 bits per heavy atom. The molecule has 1 aromatic rings. The van der Waals surface area contributed by atoms with Gasteiger partial charge < -0.3 is 5.11 Å². The van der Waals surface area contributed by atoms with E-state index in [4.69, 9.17) is 5.11 Å². The van der Waals surface area contributed by atoms with Crippen LogP contribution >= 0.6 is 11.3 Å². The number of carbonyl (C=O) groups is 1. The first-order valence-electron chi connectivity index (χ1n) is 4.64. The molecule has 1 N–H and O–H groups in total. The van der Waals surface area contributed by atoms with Crippen LogP contribution in [0.5, 0.6) is 0 Å². The van der Waals surface area contributed by atoms with Gasteiger partial charge in [0.2, 0.25) is 0 Å². The molecule has 3 nitrogen and oxygen atoms in total. The van der Waals surface area contributed by atoms with E-state index in [2.05, 4.69) is 18.8 Å². The lowest BCUT2D eigenvalue weighted by molar-refractivity contribution is 0.0689. The number of aromatic carboxylic acids is 1. The molecule has 0 radical (unpaired) electrons.